The fourth-order valence-electron chi connectivity index (χ4n) is 3.47. The molecule has 1 aromatic rings. The molecule has 2 aliphatic heterocycles. The summed E-state index contributed by atoms with van der Waals surface area (Å²) < 4.78 is 5.26. The number of ether oxygens (including phenoxy) is 1. The number of likely N-dealkylation sites (tertiary alicyclic amines) is 1. The highest BCUT2D eigenvalue weighted by atomic mass is 35.5. The van der Waals surface area contributed by atoms with Crippen molar-refractivity contribution in [2.45, 2.75) is 44.2 Å². The van der Waals surface area contributed by atoms with Crippen molar-refractivity contribution >= 4 is 18.3 Å². The van der Waals surface area contributed by atoms with Crippen LogP contribution in [0.4, 0.5) is 0 Å². The monoisotopic (exact) mass is 324 g/mol. The van der Waals surface area contributed by atoms with Crippen molar-refractivity contribution in [2.75, 3.05) is 20.2 Å². The number of methoxy groups -OCH3 is 1. The highest BCUT2D eigenvalue weighted by Gasteiger charge is 2.32. The molecule has 1 N–H and O–H groups in total. The standard InChI is InChI=1S/C17H24N2O2.ClH/c1-12(13-4-3-5-16(10-13)21-2)17(20)19-9-8-14-6-7-15(11-19)18-14;/h3-5,10,12,14-15,18H,6-9,11H2,1-2H3;1H. The van der Waals surface area contributed by atoms with Crippen LogP contribution in [0, 0.1) is 0 Å². The average molecular weight is 325 g/mol. The molecule has 22 heavy (non-hydrogen) atoms. The summed E-state index contributed by atoms with van der Waals surface area (Å²) in [4.78, 5) is 14.8. The van der Waals surface area contributed by atoms with Crippen LogP contribution in [0.2, 0.25) is 0 Å². The van der Waals surface area contributed by atoms with Gasteiger partial charge in [-0.2, -0.15) is 0 Å². The summed E-state index contributed by atoms with van der Waals surface area (Å²) in [5.41, 5.74) is 1.03. The van der Waals surface area contributed by atoms with Gasteiger partial charge >= 0.3 is 0 Å². The Kier molecular flexibility index (Phi) is 5.70. The summed E-state index contributed by atoms with van der Waals surface area (Å²) >= 11 is 0. The molecular weight excluding hydrogens is 300 g/mol. The molecule has 3 rings (SSSR count). The van der Waals surface area contributed by atoms with Crippen LogP contribution in [0.1, 0.15) is 37.7 Å². The lowest BCUT2D eigenvalue weighted by Crippen LogP contribution is -2.40. The normalized spacial score (nSPS) is 25.1. The van der Waals surface area contributed by atoms with Gasteiger partial charge in [0.1, 0.15) is 5.75 Å². The molecule has 2 bridgehead atoms. The van der Waals surface area contributed by atoms with Gasteiger partial charge in [0.15, 0.2) is 0 Å². The summed E-state index contributed by atoms with van der Waals surface area (Å²) in [5, 5.41) is 3.62. The molecule has 5 heteroatoms. The van der Waals surface area contributed by atoms with Crippen molar-refractivity contribution in [1.29, 1.82) is 0 Å². The third kappa shape index (κ3) is 3.55. The minimum atomic E-state index is -0.114. The SMILES string of the molecule is COc1cccc(C(C)C(=O)N2CCC3CCC(C2)N3)c1.Cl. The van der Waals surface area contributed by atoms with Crippen LogP contribution in [-0.2, 0) is 4.79 Å². The summed E-state index contributed by atoms with van der Waals surface area (Å²) in [6.45, 7) is 3.72. The maximum atomic E-state index is 12.8. The smallest absolute Gasteiger partial charge is 0.229 e. The van der Waals surface area contributed by atoms with Crippen molar-refractivity contribution in [3.8, 4) is 5.75 Å². The molecule has 1 aromatic carbocycles. The van der Waals surface area contributed by atoms with E-state index in [1.807, 2.05) is 36.1 Å². The molecule has 0 aliphatic carbocycles. The van der Waals surface area contributed by atoms with E-state index in [0.717, 1.165) is 30.8 Å². The van der Waals surface area contributed by atoms with Gasteiger partial charge in [0.05, 0.1) is 13.0 Å². The van der Waals surface area contributed by atoms with E-state index in [-0.39, 0.29) is 24.2 Å². The first-order valence-corrected chi connectivity index (χ1v) is 7.86. The minimum Gasteiger partial charge on any atom is -0.497 e. The Hall–Kier alpha value is -1.26. The lowest BCUT2D eigenvalue weighted by molar-refractivity contribution is -0.132. The van der Waals surface area contributed by atoms with Gasteiger partial charge in [0.25, 0.3) is 0 Å². The molecular formula is C17H25ClN2O2. The Bertz CT molecular complexity index is 523. The molecule has 0 radical (unpaired) electrons. The van der Waals surface area contributed by atoms with E-state index in [2.05, 4.69) is 5.32 Å². The first-order valence-electron chi connectivity index (χ1n) is 7.86. The molecule has 2 saturated heterocycles. The second kappa shape index (κ2) is 7.34. The number of carbonyl (C=O) groups is 1. The third-order valence-corrected chi connectivity index (χ3v) is 4.80. The van der Waals surface area contributed by atoms with Gasteiger partial charge in [0, 0.05) is 25.2 Å². The van der Waals surface area contributed by atoms with E-state index >= 15 is 0 Å². The second-order valence-corrected chi connectivity index (χ2v) is 6.21. The number of fused-ring (bicyclic) bond motifs is 2. The van der Waals surface area contributed by atoms with Crippen molar-refractivity contribution < 1.29 is 9.53 Å². The third-order valence-electron chi connectivity index (χ3n) is 4.80. The maximum absolute atomic E-state index is 12.8. The average Bonchev–Trinajstić information content (AvgIpc) is 2.85. The van der Waals surface area contributed by atoms with E-state index in [1.165, 1.54) is 12.8 Å². The maximum Gasteiger partial charge on any atom is 0.229 e. The van der Waals surface area contributed by atoms with Gasteiger partial charge in [-0.1, -0.05) is 12.1 Å². The number of nitrogens with zero attached hydrogens (tertiary/aromatic N) is 1. The molecule has 4 nitrogen and oxygen atoms in total. The van der Waals surface area contributed by atoms with E-state index < -0.39 is 0 Å². The molecule has 2 heterocycles. The van der Waals surface area contributed by atoms with Crippen LogP contribution in [0.15, 0.2) is 24.3 Å². The molecule has 122 valence electrons. The summed E-state index contributed by atoms with van der Waals surface area (Å²) in [6, 6.07) is 8.93. The number of halogens is 1. The zero-order valence-electron chi connectivity index (χ0n) is 13.2. The van der Waals surface area contributed by atoms with E-state index in [4.69, 9.17) is 4.74 Å². The summed E-state index contributed by atoms with van der Waals surface area (Å²) in [7, 11) is 1.66. The second-order valence-electron chi connectivity index (χ2n) is 6.21. The van der Waals surface area contributed by atoms with Crippen molar-refractivity contribution in [3.63, 3.8) is 0 Å². The quantitative estimate of drug-likeness (QED) is 0.929. The predicted molar refractivity (Wildman–Crippen MR) is 89.8 cm³/mol. The van der Waals surface area contributed by atoms with Crippen LogP contribution < -0.4 is 10.1 Å². The number of carbonyl (C=O) groups excluding carboxylic acids is 1. The number of amides is 1. The molecule has 0 spiro atoms. The van der Waals surface area contributed by atoms with Crippen LogP contribution in [0.3, 0.4) is 0 Å². The molecule has 2 fully saturated rings. The Morgan fingerprint density at radius 1 is 1.32 bits per heavy atom. The number of rotatable bonds is 3. The molecule has 3 atom stereocenters. The van der Waals surface area contributed by atoms with Crippen LogP contribution in [0.25, 0.3) is 0 Å². The molecule has 1 amide bonds. The molecule has 0 saturated carbocycles. The highest BCUT2D eigenvalue weighted by Crippen LogP contribution is 2.26. The first-order chi connectivity index (χ1) is 10.2. The van der Waals surface area contributed by atoms with E-state index in [9.17, 15) is 4.79 Å². The predicted octanol–water partition coefficient (Wildman–Crippen LogP) is 2.57. The Labute approximate surface area is 138 Å². The van der Waals surface area contributed by atoms with Gasteiger partial charge in [-0.15, -0.1) is 12.4 Å². The van der Waals surface area contributed by atoms with E-state index in [0.29, 0.717) is 12.1 Å². The van der Waals surface area contributed by atoms with Crippen molar-refractivity contribution in [3.05, 3.63) is 29.8 Å². The van der Waals surface area contributed by atoms with Gasteiger partial charge in [-0.25, -0.2) is 0 Å². The minimum absolute atomic E-state index is 0. The van der Waals surface area contributed by atoms with Gasteiger partial charge in [0.2, 0.25) is 5.91 Å². The van der Waals surface area contributed by atoms with E-state index in [1.54, 1.807) is 7.11 Å². The zero-order valence-corrected chi connectivity index (χ0v) is 14.1. The van der Waals surface area contributed by atoms with Crippen molar-refractivity contribution in [2.24, 2.45) is 0 Å². The van der Waals surface area contributed by atoms with Crippen molar-refractivity contribution in [1.82, 2.24) is 10.2 Å². The number of benzene rings is 1. The molecule has 2 aliphatic rings. The van der Waals surface area contributed by atoms with Gasteiger partial charge in [-0.3, -0.25) is 4.79 Å². The fraction of sp³-hybridized carbons (Fsp3) is 0.588. The Morgan fingerprint density at radius 3 is 2.86 bits per heavy atom. The van der Waals surface area contributed by atoms with Gasteiger partial charge in [-0.05, 0) is 43.9 Å². The molecule has 0 aromatic heterocycles. The topological polar surface area (TPSA) is 41.6 Å². The molecule has 3 unspecified atom stereocenters. The number of hydrogen-bond acceptors (Lipinski definition) is 3. The largest absolute Gasteiger partial charge is 0.497 e. The summed E-state index contributed by atoms with van der Waals surface area (Å²) in [5.74, 6) is 0.929. The Morgan fingerprint density at radius 2 is 2.09 bits per heavy atom. The zero-order chi connectivity index (χ0) is 14.8. The van der Waals surface area contributed by atoms with Crippen LogP contribution in [-0.4, -0.2) is 43.1 Å². The lowest BCUT2D eigenvalue weighted by Gasteiger charge is -2.27. The number of nitrogens with one attached hydrogen (secondary N) is 1. The summed E-state index contributed by atoms with van der Waals surface area (Å²) in [6.07, 6.45) is 3.53. The van der Waals surface area contributed by atoms with Crippen LogP contribution in [0.5, 0.6) is 5.75 Å². The van der Waals surface area contributed by atoms with Crippen LogP contribution >= 0.6 is 12.4 Å². The highest BCUT2D eigenvalue weighted by molar-refractivity contribution is 5.85. The Balaban J connectivity index is 0.00000176. The fourth-order valence-corrected chi connectivity index (χ4v) is 3.47. The van der Waals surface area contributed by atoms with Gasteiger partial charge < -0.3 is 15.0 Å². The first kappa shape index (κ1) is 17.1. The number of hydrogen-bond donors (Lipinski definition) is 1. The lowest BCUT2D eigenvalue weighted by atomic mass is 9.98.